The van der Waals surface area contributed by atoms with Crippen molar-refractivity contribution in [3.05, 3.63) is 53.1 Å². The number of ether oxygens (including phenoxy) is 1. The Morgan fingerprint density at radius 3 is 2.35 bits per heavy atom. The highest BCUT2D eigenvalue weighted by atomic mass is 32.2. The maximum atomic E-state index is 13.0. The molecule has 1 heterocycles. The Balaban J connectivity index is 1.74. The van der Waals surface area contributed by atoms with Gasteiger partial charge in [0.05, 0.1) is 19.1 Å². The summed E-state index contributed by atoms with van der Waals surface area (Å²) < 4.78 is 31.5. The fourth-order valence-corrected chi connectivity index (χ4v) is 4.72. The number of nitrogens with zero attached hydrogens (tertiary/aromatic N) is 3. The first-order chi connectivity index (χ1) is 14.6. The second kappa shape index (κ2) is 9.18. The van der Waals surface area contributed by atoms with E-state index >= 15 is 0 Å². The minimum Gasteiger partial charge on any atom is -0.495 e. The third-order valence-corrected chi connectivity index (χ3v) is 6.96. The maximum Gasteiger partial charge on any atom is 0.243 e. The predicted molar refractivity (Wildman–Crippen MR) is 125 cm³/mol. The van der Waals surface area contributed by atoms with Crippen LogP contribution in [0, 0.1) is 20.8 Å². The van der Waals surface area contributed by atoms with Crippen molar-refractivity contribution >= 4 is 27.3 Å². The van der Waals surface area contributed by atoms with Crippen LogP contribution in [0.5, 0.6) is 5.75 Å². The number of rotatable bonds is 6. The lowest BCUT2D eigenvalue weighted by Gasteiger charge is -2.38. The number of aryl methyl sites for hydroxylation is 2. The molecule has 0 aromatic heterocycles. The van der Waals surface area contributed by atoms with Crippen LogP contribution in [-0.4, -0.2) is 65.3 Å². The van der Waals surface area contributed by atoms with E-state index in [1.54, 1.807) is 17.0 Å². The van der Waals surface area contributed by atoms with Gasteiger partial charge in [0.2, 0.25) is 15.9 Å². The van der Waals surface area contributed by atoms with Gasteiger partial charge in [-0.15, -0.1) is 0 Å². The number of piperazine rings is 1. The molecule has 0 atom stereocenters. The van der Waals surface area contributed by atoms with Crippen molar-refractivity contribution in [2.75, 3.05) is 55.3 Å². The molecule has 1 aliphatic rings. The SMILES string of the molecule is COc1ccc(C)cc1N(CC(=O)N1CCN(c2cccc(C)c2C)CC1)S(C)(=O)=O. The van der Waals surface area contributed by atoms with Gasteiger partial charge >= 0.3 is 0 Å². The molecule has 31 heavy (non-hydrogen) atoms. The minimum atomic E-state index is -3.67. The Bertz CT molecular complexity index is 1060. The van der Waals surface area contributed by atoms with E-state index in [-0.39, 0.29) is 12.5 Å². The van der Waals surface area contributed by atoms with E-state index in [1.807, 2.05) is 13.0 Å². The van der Waals surface area contributed by atoms with E-state index in [0.717, 1.165) is 16.1 Å². The number of methoxy groups -OCH3 is 1. The predicted octanol–water partition coefficient (Wildman–Crippen LogP) is 2.74. The van der Waals surface area contributed by atoms with Crippen LogP contribution < -0.4 is 13.9 Å². The summed E-state index contributed by atoms with van der Waals surface area (Å²) in [6.45, 7) is 8.36. The molecule has 3 rings (SSSR count). The lowest BCUT2D eigenvalue weighted by molar-refractivity contribution is -0.129. The van der Waals surface area contributed by atoms with Crippen LogP contribution in [0.3, 0.4) is 0 Å². The second-order valence-electron chi connectivity index (χ2n) is 8.03. The van der Waals surface area contributed by atoms with Crippen molar-refractivity contribution < 1.29 is 17.9 Å². The largest absolute Gasteiger partial charge is 0.495 e. The molecule has 1 saturated heterocycles. The molecule has 0 unspecified atom stereocenters. The number of carbonyl (C=O) groups is 1. The van der Waals surface area contributed by atoms with Gasteiger partial charge in [-0.2, -0.15) is 0 Å². The summed E-state index contributed by atoms with van der Waals surface area (Å²) in [6, 6.07) is 11.5. The summed E-state index contributed by atoms with van der Waals surface area (Å²) in [5, 5.41) is 0. The molecular weight excluding hydrogens is 414 g/mol. The molecule has 8 heteroatoms. The first kappa shape index (κ1) is 22.9. The number of carbonyl (C=O) groups excluding carboxylic acids is 1. The van der Waals surface area contributed by atoms with E-state index in [4.69, 9.17) is 4.74 Å². The number of benzene rings is 2. The molecule has 1 fully saturated rings. The highest BCUT2D eigenvalue weighted by Gasteiger charge is 2.28. The van der Waals surface area contributed by atoms with Crippen molar-refractivity contribution in [1.29, 1.82) is 0 Å². The van der Waals surface area contributed by atoms with Crippen LogP contribution in [0.15, 0.2) is 36.4 Å². The van der Waals surface area contributed by atoms with Crippen LogP contribution >= 0.6 is 0 Å². The smallest absolute Gasteiger partial charge is 0.243 e. The van der Waals surface area contributed by atoms with Crippen LogP contribution in [-0.2, 0) is 14.8 Å². The van der Waals surface area contributed by atoms with E-state index in [9.17, 15) is 13.2 Å². The maximum absolute atomic E-state index is 13.0. The summed E-state index contributed by atoms with van der Waals surface area (Å²) in [7, 11) is -2.18. The molecule has 0 N–H and O–H groups in total. The number of sulfonamides is 1. The van der Waals surface area contributed by atoms with Crippen molar-refractivity contribution in [3.63, 3.8) is 0 Å². The number of amides is 1. The highest BCUT2D eigenvalue weighted by Crippen LogP contribution is 2.31. The van der Waals surface area contributed by atoms with Crippen LogP contribution in [0.2, 0.25) is 0 Å². The fraction of sp³-hybridized carbons (Fsp3) is 0.435. The van der Waals surface area contributed by atoms with Gasteiger partial charge in [0.1, 0.15) is 12.3 Å². The normalized spacial score (nSPS) is 14.5. The zero-order chi connectivity index (χ0) is 22.8. The zero-order valence-electron chi connectivity index (χ0n) is 18.9. The Morgan fingerprint density at radius 1 is 1.06 bits per heavy atom. The molecule has 1 amide bonds. The average molecular weight is 446 g/mol. The van der Waals surface area contributed by atoms with E-state index in [0.29, 0.717) is 37.6 Å². The summed E-state index contributed by atoms with van der Waals surface area (Å²) in [4.78, 5) is 17.1. The Hall–Kier alpha value is -2.74. The zero-order valence-corrected chi connectivity index (χ0v) is 19.7. The summed E-state index contributed by atoms with van der Waals surface area (Å²) in [5.74, 6) is 0.207. The molecule has 2 aromatic carbocycles. The molecule has 2 aromatic rings. The summed E-state index contributed by atoms with van der Waals surface area (Å²) >= 11 is 0. The first-order valence-electron chi connectivity index (χ1n) is 10.3. The van der Waals surface area contributed by atoms with Gasteiger partial charge in [0.15, 0.2) is 0 Å². The van der Waals surface area contributed by atoms with Crippen molar-refractivity contribution in [3.8, 4) is 5.75 Å². The standard InChI is InChI=1S/C23H31N3O4S/c1-17-9-10-22(30-4)21(15-17)26(31(5,28)29)16-23(27)25-13-11-24(12-14-25)20-8-6-7-18(2)19(20)3/h6-10,15H,11-14,16H2,1-5H3. The number of hydrogen-bond donors (Lipinski definition) is 0. The summed E-state index contributed by atoms with van der Waals surface area (Å²) in [5.41, 5.74) is 4.95. The molecule has 7 nitrogen and oxygen atoms in total. The van der Waals surface area contributed by atoms with Crippen molar-refractivity contribution in [2.24, 2.45) is 0 Å². The fourth-order valence-electron chi connectivity index (χ4n) is 3.87. The van der Waals surface area contributed by atoms with Gasteiger partial charge in [-0.1, -0.05) is 18.2 Å². The Morgan fingerprint density at radius 2 is 1.74 bits per heavy atom. The monoisotopic (exact) mass is 445 g/mol. The number of anilines is 2. The molecule has 0 bridgehead atoms. The Labute approximate surface area is 185 Å². The van der Waals surface area contributed by atoms with Gasteiger partial charge in [0.25, 0.3) is 0 Å². The second-order valence-corrected chi connectivity index (χ2v) is 9.94. The average Bonchev–Trinajstić information content (AvgIpc) is 2.73. The first-order valence-corrected chi connectivity index (χ1v) is 12.2. The lowest BCUT2D eigenvalue weighted by Crippen LogP contribution is -2.52. The van der Waals surface area contributed by atoms with Gasteiger partial charge < -0.3 is 14.5 Å². The third-order valence-electron chi connectivity index (χ3n) is 5.83. The molecule has 0 radical (unpaired) electrons. The third kappa shape index (κ3) is 5.12. The Kier molecular flexibility index (Phi) is 6.79. The quantitative estimate of drug-likeness (QED) is 0.684. The van der Waals surface area contributed by atoms with Crippen LogP contribution in [0.1, 0.15) is 16.7 Å². The molecule has 0 aliphatic carbocycles. The minimum absolute atomic E-state index is 0.213. The van der Waals surface area contributed by atoms with Gasteiger partial charge in [0, 0.05) is 31.9 Å². The molecule has 0 saturated carbocycles. The molecule has 0 spiro atoms. The van der Waals surface area contributed by atoms with Crippen molar-refractivity contribution in [1.82, 2.24) is 4.90 Å². The molecular formula is C23H31N3O4S. The highest BCUT2D eigenvalue weighted by molar-refractivity contribution is 7.92. The van der Waals surface area contributed by atoms with E-state index < -0.39 is 10.0 Å². The van der Waals surface area contributed by atoms with Gasteiger partial charge in [-0.05, 0) is 55.7 Å². The van der Waals surface area contributed by atoms with Crippen molar-refractivity contribution in [2.45, 2.75) is 20.8 Å². The lowest BCUT2D eigenvalue weighted by atomic mass is 10.1. The summed E-state index contributed by atoms with van der Waals surface area (Å²) in [6.07, 6.45) is 1.11. The topological polar surface area (TPSA) is 70.2 Å². The number of hydrogen-bond acceptors (Lipinski definition) is 5. The van der Waals surface area contributed by atoms with Gasteiger partial charge in [-0.3, -0.25) is 9.10 Å². The van der Waals surface area contributed by atoms with Crippen LogP contribution in [0.25, 0.3) is 0 Å². The van der Waals surface area contributed by atoms with E-state index in [2.05, 4.69) is 36.9 Å². The van der Waals surface area contributed by atoms with E-state index in [1.165, 1.54) is 23.9 Å². The van der Waals surface area contributed by atoms with Gasteiger partial charge in [-0.25, -0.2) is 8.42 Å². The molecule has 1 aliphatic heterocycles. The molecule has 168 valence electrons. The van der Waals surface area contributed by atoms with Crippen LogP contribution in [0.4, 0.5) is 11.4 Å².